The highest BCUT2D eigenvalue weighted by atomic mass is 16.7. The second kappa shape index (κ2) is 6.03. The van der Waals surface area contributed by atoms with Gasteiger partial charge < -0.3 is 18.8 Å². The summed E-state index contributed by atoms with van der Waals surface area (Å²) in [6.45, 7) is 0.237. The van der Waals surface area contributed by atoms with Gasteiger partial charge in [0.25, 0.3) is 0 Å². The van der Waals surface area contributed by atoms with E-state index in [9.17, 15) is 4.79 Å². The van der Waals surface area contributed by atoms with E-state index in [1.54, 1.807) is 0 Å². The topological polar surface area (TPSA) is 61.7 Å². The smallest absolute Gasteiger partial charge is 0.323 e. The number of nitrogens with zero attached hydrogens (tertiary/aromatic N) is 1. The fourth-order valence-corrected chi connectivity index (χ4v) is 4.26. The molecule has 1 aromatic heterocycles. The van der Waals surface area contributed by atoms with Crippen molar-refractivity contribution in [3.63, 3.8) is 0 Å². The van der Waals surface area contributed by atoms with Gasteiger partial charge in [0.1, 0.15) is 6.04 Å². The van der Waals surface area contributed by atoms with Crippen molar-refractivity contribution in [1.29, 1.82) is 0 Å². The van der Waals surface area contributed by atoms with Gasteiger partial charge in [0.15, 0.2) is 11.5 Å². The monoisotopic (exact) mass is 364 g/mol. The number of hydrogen-bond donors (Lipinski definition) is 1. The molecule has 138 valence electrons. The van der Waals surface area contributed by atoms with E-state index >= 15 is 0 Å². The number of ether oxygens (including phenoxy) is 3. The molecule has 6 heteroatoms. The van der Waals surface area contributed by atoms with Crippen LogP contribution in [0.4, 0.5) is 0 Å². The molecule has 1 N–H and O–H groups in total. The van der Waals surface area contributed by atoms with Crippen LogP contribution in [-0.2, 0) is 23.0 Å². The number of para-hydroxylation sites is 1. The number of hydrogen-bond acceptors (Lipinski definition) is 5. The van der Waals surface area contributed by atoms with Crippen molar-refractivity contribution < 1.29 is 19.0 Å². The fourth-order valence-electron chi connectivity index (χ4n) is 4.26. The van der Waals surface area contributed by atoms with Crippen molar-refractivity contribution in [2.75, 3.05) is 13.9 Å². The number of esters is 1. The Morgan fingerprint density at radius 3 is 2.85 bits per heavy atom. The van der Waals surface area contributed by atoms with Crippen molar-refractivity contribution in [1.82, 2.24) is 9.88 Å². The van der Waals surface area contributed by atoms with E-state index in [1.807, 2.05) is 30.3 Å². The van der Waals surface area contributed by atoms with E-state index in [1.165, 1.54) is 18.1 Å². The standard InChI is InChI=1S/C21H20N2O4/c1-23-16-6-4-3-5-13(16)14-10-15(21(24)25-2)22-19(20(14)23)12-7-8-17-18(9-12)27-11-26-17/h3-9,15,19,22H,10-11H2,1-2H3/t15-,19+/m0/s1. The Morgan fingerprint density at radius 2 is 2.00 bits per heavy atom. The largest absolute Gasteiger partial charge is 0.468 e. The van der Waals surface area contributed by atoms with Gasteiger partial charge in [-0.3, -0.25) is 10.1 Å². The lowest BCUT2D eigenvalue weighted by Crippen LogP contribution is -2.46. The lowest BCUT2D eigenvalue weighted by Gasteiger charge is -2.31. The Labute approximate surface area is 156 Å². The summed E-state index contributed by atoms with van der Waals surface area (Å²) in [5, 5.41) is 4.65. The van der Waals surface area contributed by atoms with Crippen LogP contribution in [0.2, 0.25) is 0 Å². The second-order valence-corrected chi connectivity index (χ2v) is 6.93. The minimum atomic E-state index is -0.399. The van der Waals surface area contributed by atoms with Crippen LogP contribution >= 0.6 is 0 Å². The summed E-state index contributed by atoms with van der Waals surface area (Å²) < 4.78 is 18.2. The summed E-state index contributed by atoms with van der Waals surface area (Å²) in [4.78, 5) is 12.3. The molecule has 0 bridgehead atoms. The lowest BCUT2D eigenvalue weighted by molar-refractivity contribution is -0.143. The van der Waals surface area contributed by atoms with Gasteiger partial charge in [-0.15, -0.1) is 0 Å². The molecule has 0 spiro atoms. The van der Waals surface area contributed by atoms with Crippen molar-refractivity contribution >= 4 is 16.9 Å². The van der Waals surface area contributed by atoms with Crippen LogP contribution in [-0.4, -0.2) is 30.5 Å². The number of methoxy groups -OCH3 is 1. The van der Waals surface area contributed by atoms with E-state index in [4.69, 9.17) is 14.2 Å². The van der Waals surface area contributed by atoms with Crippen LogP contribution < -0.4 is 14.8 Å². The zero-order valence-corrected chi connectivity index (χ0v) is 15.2. The van der Waals surface area contributed by atoms with Crippen molar-refractivity contribution in [3.05, 3.63) is 59.3 Å². The SMILES string of the molecule is COC(=O)[C@@H]1Cc2c(n(C)c3ccccc23)[C@@H](c2ccc3c(c2)OCO3)N1. The predicted octanol–water partition coefficient (Wildman–Crippen LogP) is 2.68. The van der Waals surface area contributed by atoms with Gasteiger partial charge in [-0.05, 0) is 29.3 Å². The molecule has 0 aliphatic carbocycles. The maximum Gasteiger partial charge on any atom is 0.323 e. The van der Waals surface area contributed by atoms with Crippen molar-refractivity contribution in [2.24, 2.45) is 7.05 Å². The first-order valence-corrected chi connectivity index (χ1v) is 8.97. The molecule has 6 nitrogen and oxygen atoms in total. The second-order valence-electron chi connectivity index (χ2n) is 6.93. The van der Waals surface area contributed by atoms with Crippen molar-refractivity contribution in [3.8, 4) is 11.5 Å². The third-order valence-electron chi connectivity index (χ3n) is 5.53. The third kappa shape index (κ3) is 2.40. The molecule has 2 aromatic carbocycles. The van der Waals surface area contributed by atoms with E-state index in [-0.39, 0.29) is 18.8 Å². The Bertz CT molecular complexity index is 1060. The van der Waals surface area contributed by atoms with E-state index in [2.05, 4.69) is 29.1 Å². The van der Waals surface area contributed by atoms with Gasteiger partial charge in [-0.25, -0.2) is 0 Å². The fraction of sp³-hybridized carbons (Fsp3) is 0.286. The van der Waals surface area contributed by atoms with Crippen LogP contribution in [0.1, 0.15) is 22.9 Å². The van der Waals surface area contributed by atoms with Crippen LogP contribution in [0.25, 0.3) is 10.9 Å². The summed E-state index contributed by atoms with van der Waals surface area (Å²) >= 11 is 0. The first-order chi connectivity index (χ1) is 13.2. The maximum atomic E-state index is 12.3. The van der Waals surface area contributed by atoms with Crippen molar-refractivity contribution in [2.45, 2.75) is 18.5 Å². The Kier molecular flexibility index (Phi) is 3.62. The zero-order chi connectivity index (χ0) is 18.5. The molecule has 3 heterocycles. The lowest BCUT2D eigenvalue weighted by atomic mass is 9.90. The van der Waals surface area contributed by atoms with E-state index in [0.29, 0.717) is 6.42 Å². The normalized spacial score (nSPS) is 20.5. The van der Waals surface area contributed by atoms with Crippen LogP contribution in [0.15, 0.2) is 42.5 Å². The number of aromatic nitrogens is 1. The molecule has 0 saturated heterocycles. The molecule has 0 unspecified atom stereocenters. The average Bonchev–Trinajstić information content (AvgIpc) is 3.29. The summed E-state index contributed by atoms with van der Waals surface area (Å²) in [7, 11) is 3.50. The maximum absolute atomic E-state index is 12.3. The molecular formula is C21H20N2O4. The summed E-state index contributed by atoms with van der Waals surface area (Å²) in [6.07, 6.45) is 0.602. The number of aryl methyl sites for hydroxylation is 1. The van der Waals surface area contributed by atoms with Crippen LogP contribution in [0.3, 0.4) is 0 Å². The average molecular weight is 364 g/mol. The molecule has 0 amide bonds. The molecule has 0 fully saturated rings. The Hall–Kier alpha value is -2.99. The van der Waals surface area contributed by atoms with E-state index in [0.717, 1.165) is 28.3 Å². The molecule has 2 aliphatic rings. The quantitative estimate of drug-likeness (QED) is 0.709. The highest BCUT2D eigenvalue weighted by Crippen LogP contribution is 2.40. The van der Waals surface area contributed by atoms with Crippen LogP contribution in [0, 0.1) is 0 Å². The molecule has 2 atom stereocenters. The molecule has 5 rings (SSSR count). The molecule has 3 aromatic rings. The van der Waals surface area contributed by atoms with E-state index < -0.39 is 6.04 Å². The highest BCUT2D eigenvalue weighted by molar-refractivity contribution is 5.88. The van der Waals surface area contributed by atoms with Crippen LogP contribution in [0.5, 0.6) is 11.5 Å². The molecule has 2 aliphatic heterocycles. The minimum absolute atomic E-state index is 0.148. The number of benzene rings is 2. The predicted molar refractivity (Wildman–Crippen MR) is 100.0 cm³/mol. The number of carbonyl (C=O) groups excluding carboxylic acids is 1. The third-order valence-corrected chi connectivity index (χ3v) is 5.53. The van der Waals surface area contributed by atoms with Gasteiger partial charge in [0.2, 0.25) is 6.79 Å². The molecule has 0 saturated carbocycles. The number of rotatable bonds is 2. The van der Waals surface area contributed by atoms with Gasteiger partial charge in [0, 0.05) is 30.1 Å². The number of carbonyl (C=O) groups is 1. The number of nitrogens with one attached hydrogen (secondary N) is 1. The zero-order valence-electron chi connectivity index (χ0n) is 15.2. The Morgan fingerprint density at radius 1 is 1.19 bits per heavy atom. The number of fused-ring (bicyclic) bond motifs is 4. The van der Waals surface area contributed by atoms with Gasteiger partial charge in [-0.1, -0.05) is 24.3 Å². The summed E-state index contributed by atoms with van der Waals surface area (Å²) in [5.74, 6) is 1.23. The van der Waals surface area contributed by atoms with Gasteiger partial charge >= 0.3 is 5.97 Å². The van der Waals surface area contributed by atoms with Gasteiger partial charge in [0.05, 0.1) is 13.2 Å². The van der Waals surface area contributed by atoms with Gasteiger partial charge in [-0.2, -0.15) is 0 Å². The Balaban J connectivity index is 1.70. The summed E-state index contributed by atoms with van der Waals surface area (Å²) in [6, 6.07) is 13.7. The first kappa shape index (κ1) is 16.2. The molecule has 27 heavy (non-hydrogen) atoms. The first-order valence-electron chi connectivity index (χ1n) is 8.97. The highest BCUT2D eigenvalue weighted by Gasteiger charge is 2.36. The molecular weight excluding hydrogens is 344 g/mol. The minimum Gasteiger partial charge on any atom is -0.468 e. The molecule has 0 radical (unpaired) electrons. The summed E-state index contributed by atoms with van der Waals surface area (Å²) in [5.41, 5.74) is 4.53.